The zero-order valence-corrected chi connectivity index (χ0v) is 53.6. The normalized spacial score (nSPS) is 12.6. The van der Waals surface area contributed by atoms with E-state index in [1.54, 1.807) is 0 Å². The average Bonchev–Trinajstić information content (AvgIpc) is 3.45. The number of hydrogen-bond acceptors (Lipinski definition) is 5. The number of aliphatic hydroxyl groups is 2. The highest BCUT2D eigenvalue weighted by Crippen LogP contribution is 2.19. The predicted molar refractivity (Wildman–Crippen MR) is 347 cm³/mol. The molecular weight excluding hydrogens is 971 g/mol. The lowest BCUT2D eigenvalue weighted by Gasteiger charge is -2.22. The number of carbonyl (C=O) groups is 2. The average molecular weight is 1110 g/mol. The zero-order chi connectivity index (χ0) is 57.1. The summed E-state index contributed by atoms with van der Waals surface area (Å²) in [6, 6.07) is -0.539. The molecule has 0 spiro atoms. The van der Waals surface area contributed by atoms with E-state index in [0.717, 1.165) is 51.4 Å². The molecule has 0 aliphatic carbocycles. The number of allylic oxidation sites excluding steroid dienone is 4. The summed E-state index contributed by atoms with van der Waals surface area (Å²) in [4.78, 5) is 24.6. The molecule has 0 bridgehead atoms. The van der Waals surface area contributed by atoms with Crippen LogP contribution in [-0.4, -0.2) is 47.4 Å². The molecule has 6 nitrogen and oxygen atoms in total. The van der Waals surface area contributed by atoms with Crippen molar-refractivity contribution in [3.05, 3.63) is 24.3 Å². The third kappa shape index (κ3) is 65.4. The summed E-state index contributed by atoms with van der Waals surface area (Å²) in [5.74, 6) is -0.0218. The summed E-state index contributed by atoms with van der Waals surface area (Å²) in [6.45, 7) is 4.97. The van der Waals surface area contributed by atoms with Crippen molar-refractivity contribution in [1.82, 2.24) is 5.32 Å². The van der Waals surface area contributed by atoms with E-state index in [9.17, 15) is 19.8 Å². The fourth-order valence-corrected chi connectivity index (χ4v) is 11.5. The van der Waals surface area contributed by atoms with Crippen LogP contribution in [-0.2, 0) is 14.3 Å². The van der Waals surface area contributed by atoms with Crippen LogP contribution < -0.4 is 5.32 Å². The first-order valence-electron chi connectivity index (χ1n) is 36.1. The summed E-state index contributed by atoms with van der Waals surface area (Å²) >= 11 is 0. The van der Waals surface area contributed by atoms with E-state index in [1.807, 2.05) is 0 Å². The monoisotopic (exact) mass is 1110 g/mol. The van der Waals surface area contributed by atoms with Crippen molar-refractivity contribution in [3.63, 3.8) is 0 Å². The maximum atomic E-state index is 12.5. The summed E-state index contributed by atoms with van der Waals surface area (Å²) in [6.07, 6.45) is 86.6. The summed E-state index contributed by atoms with van der Waals surface area (Å²) in [5.41, 5.74) is 0. The molecule has 0 heterocycles. The van der Waals surface area contributed by atoms with E-state index in [4.69, 9.17) is 4.74 Å². The molecule has 79 heavy (non-hydrogen) atoms. The number of aliphatic hydroxyl groups excluding tert-OH is 2. The van der Waals surface area contributed by atoms with E-state index in [-0.39, 0.29) is 18.5 Å². The van der Waals surface area contributed by atoms with Gasteiger partial charge >= 0.3 is 5.97 Å². The van der Waals surface area contributed by atoms with Gasteiger partial charge in [0.25, 0.3) is 0 Å². The number of carbonyl (C=O) groups excluding carboxylic acids is 2. The largest absolute Gasteiger partial charge is 0.466 e. The molecule has 0 aromatic rings. The molecule has 0 radical (unpaired) electrons. The van der Waals surface area contributed by atoms with Crippen LogP contribution in [0.15, 0.2) is 24.3 Å². The minimum absolute atomic E-state index is 0.00610. The van der Waals surface area contributed by atoms with E-state index in [0.29, 0.717) is 25.9 Å². The van der Waals surface area contributed by atoms with Crippen LogP contribution in [0.3, 0.4) is 0 Å². The van der Waals surface area contributed by atoms with Gasteiger partial charge in [-0.15, -0.1) is 0 Å². The maximum Gasteiger partial charge on any atom is 0.305 e. The van der Waals surface area contributed by atoms with Gasteiger partial charge in [0.1, 0.15) is 0 Å². The van der Waals surface area contributed by atoms with Crippen molar-refractivity contribution in [1.29, 1.82) is 0 Å². The van der Waals surface area contributed by atoms with Gasteiger partial charge < -0.3 is 20.3 Å². The Hall–Kier alpha value is -1.66. The van der Waals surface area contributed by atoms with Crippen LogP contribution in [0.25, 0.3) is 0 Å². The fourth-order valence-electron chi connectivity index (χ4n) is 11.5. The van der Waals surface area contributed by atoms with E-state index in [1.165, 1.54) is 321 Å². The van der Waals surface area contributed by atoms with Gasteiger partial charge in [-0.05, 0) is 57.8 Å². The fraction of sp³-hybridized carbons (Fsp3) is 0.918. The van der Waals surface area contributed by atoms with E-state index >= 15 is 0 Å². The smallest absolute Gasteiger partial charge is 0.305 e. The molecule has 3 N–H and O–H groups in total. The number of rotatable bonds is 68. The Kier molecular flexibility index (Phi) is 67.4. The molecule has 468 valence electrons. The van der Waals surface area contributed by atoms with Gasteiger partial charge in [-0.3, -0.25) is 9.59 Å². The first kappa shape index (κ1) is 77.3. The minimum Gasteiger partial charge on any atom is -0.466 e. The molecule has 0 aromatic heterocycles. The second-order valence-electron chi connectivity index (χ2n) is 24.9. The maximum absolute atomic E-state index is 12.5. The van der Waals surface area contributed by atoms with Crippen molar-refractivity contribution < 1.29 is 24.5 Å². The number of esters is 1. The first-order valence-corrected chi connectivity index (χ1v) is 36.1. The van der Waals surface area contributed by atoms with Crippen LogP contribution in [0.1, 0.15) is 406 Å². The number of amides is 1. The Bertz CT molecular complexity index is 1230. The van der Waals surface area contributed by atoms with Gasteiger partial charge in [0.05, 0.1) is 25.4 Å². The van der Waals surface area contributed by atoms with Gasteiger partial charge in [0, 0.05) is 12.8 Å². The van der Waals surface area contributed by atoms with Gasteiger partial charge in [-0.1, -0.05) is 359 Å². The Morgan fingerprint density at radius 2 is 0.633 bits per heavy atom. The molecule has 0 aliphatic heterocycles. The van der Waals surface area contributed by atoms with Crippen LogP contribution in [0, 0.1) is 0 Å². The Morgan fingerprint density at radius 1 is 0.354 bits per heavy atom. The summed E-state index contributed by atoms with van der Waals surface area (Å²) in [7, 11) is 0. The molecule has 0 fully saturated rings. The third-order valence-corrected chi connectivity index (χ3v) is 17.0. The van der Waals surface area contributed by atoms with Gasteiger partial charge in [-0.2, -0.15) is 0 Å². The Morgan fingerprint density at radius 3 is 0.975 bits per heavy atom. The molecule has 0 aromatic carbocycles. The van der Waals surface area contributed by atoms with Crippen molar-refractivity contribution in [2.24, 2.45) is 0 Å². The summed E-state index contributed by atoms with van der Waals surface area (Å²) in [5, 5.41) is 23.4. The molecule has 0 rings (SSSR count). The Balaban J connectivity index is 3.34. The van der Waals surface area contributed by atoms with Crippen LogP contribution in [0.4, 0.5) is 0 Å². The van der Waals surface area contributed by atoms with Crippen LogP contribution in [0.2, 0.25) is 0 Å². The highest BCUT2D eigenvalue weighted by Gasteiger charge is 2.20. The quantitative estimate of drug-likeness (QED) is 0.0320. The van der Waals surface area contributed by atoms with Gasteiger partial charge in [0.15, 0.2) is 0 Å². The molecule has 1 amide bonds. The highest BCUT2D eigenvalue weighted by atomic mass is 16.5. The predicted octanol–water partition coefficient (Wildman–Crippen LogP) is 23.3. The lowest BCUT2D eigenvalue weighted by atomic mass is 10.0. The second-order valence-corrected chi connectivity index (χ2v) is 24.9. The number of ether oxygens (including phenoxy) is 1. The van der Waals surface area contributed by atoms with Crippen molar-refractivity contribution in [2.45, 2.75) is 418 Å². The molecule has 2 atom stereocenters. The lowest BCUT2D eigenvalue weighted by molar-refractivity contribution is -0.143. The van der Waals surface area contributed by atoms with Crippen LogP contribution >= 0.6 is 0 Å². The molecule has 6 heteroatoms. The molecule has 0 saturated heterocycles. The molecule has 2 unspecified atom stereocenters. The third-order valence-electron chi connectivity index (χ3n) is 17.0. The Labute approximate surface area is 494 Å². The number of unbranched alkanes of at least 4 members (excludes halogenated alkanes) is 53. The standard InChI is InChI=1S/C73H141NO5/c1-3-5-7-9-11-13-15-17-19-21-34-37-41-45-49-53-57-61-65-71(76)70(69-75)74-72(77)66-62-58-54-50-46-42-38-35-32-30-28-26-24-22-23-25-27-29-31-33-36-40-44-48-52-56-60-64-68-79-73(78)67-63-59-55-51-47-43-39-20-18-16-14-12-10-8-6-4-2/h14,16,20,39,70-71,75-76H,3-13,15,17-19,21-38,40-69H2,1-2H3,(H,74,77)/b16-14-,39-20-. The molecule has 0 saturated carbocycles. The van der Waals surface area contributed by atoms with Crippen molar-refractivity contribution in [2.75, 3.05) is 13.2 Å². The lowest BCUT2D eigenvalue weighted by Crippen LogP contribution is -2.45. The molecular formula is C73H141NO5. The van der Waals surface area contributed by atoms with E-state index < -0.39 is 12.1 Å². The number of nitrogens with one attached hydrogen (secondary N) is 1. The second kappa shape index (κ2) is 68.8. The zero-order valence-electron chi connectivity index (χ0n) is 53.6. The topological polar surface area (TPSA) is 95.9 Å². The van der Waals surface area contributed by atoms with Gasteiger partial charge in [0.2, 0.25) is 5.91 Å². The van der Waals surface area contributed by atoms with Crippen molar-refractivity contribution >= 4 is 11.9 Å². The van der Waals surface area contributed by atoms with Gasteiger partial charge in [-0.25, -0.2) is 0 Å². The summed E-state index contributed by atoms with van der Waals surface area (Å²) < 4.78 is 5.49. The number of hydrogen-bond donors (Lipinski definition) is 3. The molecule has 0 aliphatic rings. The van der Waals surface area contributed by atoms with Crippen molar-refractivity contribution in [3.8, 4) is 0 Å². The highest BCUT2D eigenvalue weighted by molar-refractivity contribution is 5.76. The minimum atomic E-state index is -0.662. The first-order chi connectivity index (χ1) is 39.0. The van der Waals surface area contributed by atoms with Crippen LogP contribution in [0.5, 0.6) is 0 Å². The van der Waals surface area contributed by atoms with E-state index in [2.05, 4.69) is 43.5 Å². The SMILES string of the molecule is CCCCCC/C=C\C/C=C\CCCCCCCC(=O)OCCCCCCCCCCCCCCCCCCCCCCCCCCCCCCC(=O)NC(CO)C(O)CCCCCCCCCCCCCCCCCCCC.